The van der Waals surface area contributed by atoms with Crippen LogP contribution in [-0.4, -0.2) is 29.7 Å². The van der Waals surface area contributed by atoms with Crippen LogP contribution in [0.1, 0.15) is 6.42 Å². The van der Waals surface area contributed by atoms with Crippen LogP contribution in [0.2, 0.25) is 0 Å². The maximum absolute atomic E-state index is 11.4. The van der Waals surface area contributed by atoms with Gasteiger partial charge in [0.05, 0.1) is 6.26 Å². The summed E-state index contributed by atoms with van der Waals surface area (Å²) in [5.41, 5.74) is 0. The van der Waals surface area contributed by atoms with Crippen molar-refractivity contribution in [2.75, 3.05) is 18.9 Å². The smallest absolute Gasteiger partial charge is 0.227 e. The van der Waals surface area contributed by atoms with Crippen molar-refractivity contribution in [2.45, 2.75) is 6.42 Å². The summed E-state index contributed by atoms with van der Waals surface area (Å²) in [6.45, 7) is 0.635. The van der Waals surface area contributed by atoms with Crippen LogP contribution in [0.3, 0.4) is 0 Å². The van der Waals surface area contributed by atoms with E-state index >= 15 is 0 Å². The third-order valence-corrected chi connectivity index (χ3v) is 2.86. The summed E-state index contributed by atoms with van der Waals surface area (Å²) in [5.74, 6) is 0.569. The molecule has 2 N–H and O–H groups in total. The Balaban J connectivity index is 0.00000162. The lowest BCUT2D eigenvalue weighted by Gasteiger charge is -1.99. The van der Waals surface area contributed by atoms with Gasteiger partial charge in [0.1, 0.15) is 0 Å². The lowest BCUT2D eigenvalue weighted by molar-refractivity contribution is -0.116. The Bertz CT molecular complexity index is 486. The summed E-state index contributed by atoms with van der Waals surface area (Å²) in [4.78, 5) is 11.4. The average molecular weight is 289 g/mol. The molecule has 18 heavy (non-hydrogen) atoms. The van der Waals surface area contributed by atoms with Crippen molar-refractivity contribution in [3.63, 3.8) is 0 Å². The van der Waals surface area contributed by atoms with Gasteiger partial charge in [0.15, 0.2) is 10.8 Å². The number of furan rings is 1. The first-order valence-corrected chi connectivity index (χ1v) is 5.93. The summed E-state index contributed by atoms with van der Waals surface area (Å²) < 4.78 is 5.19. The molecule has 0 aliphatic rings. The molecule has 0 saturated carbocycles. The van der Waals surface area contributed by atoms with Crippen molar-refractivity contribution in [2.24, 2.45) is 0 Å². The quantitative estimate of drug-likeness (QED) is 0.876. The van der Waals surface area contributed by atoms with Gasteiger partial charge in [-0.2, -0.15) is 0 Å². The van der Waals surface area contributed by atoms with E-state index in [0.29, 0.717) is 28.9 Å². The molecule has 0 fully saturated rings. The molecule has 0 bridgehead atoms. The minimum absolute atomic E-state index is 0. The van der Waals surface area contributed by atoms with Crippen molar-refractivity contribution >= 4 is 34.8 Å². The number of nitrogens with one attached hydrogen (secondary N) is 2. The molecule has 0 aliphatic carbocycles. The number of rotatable bonds is 5. The van der Waals surface area contributed by atoms with Crippen molar-refractivity contribution < 1.29 is 9.21 Å². The molecule has 0 atom stereocenters. The molecular formula is C10H13ClN4O2S. The number of nitrogens with zero attached hydrogens (tertiary/aromatic N) is 2. The van der Waals surface area contributed by atoms with E-state index in [1.54, 1.807) is 25.4 Å². The molecule has 2 rings (SSSR count). The van der Waals surface area contributed by atoms with E-state index in [9.17, 15) is 4.79 Å². The molecular weight excluding hydrogens is 276 g/mol. The van der Waals surface area contributed by atoms with Gasteiger partial charge in [-0.05, 0) is 19.2 Å². The highest BCUT2D eigenvalue weighted by Crippen LogP contribution is 2.26. The van der Waals surface area contributed by atoms with Crippen LogP contribution in [0.15, 0.2) is 22.8 Å². The minimum atomic E-state index is -0.0819. The Morgan fingerprint density at radius 2 is 2.33 bits per heavy atom. The number of aromatic nitrogens is 2. The van der Waals surface area contributed by atoms with E-state index < -0.39 is 0 Å². The van der Waals surface area contributed by atoms with E-state index in [1.807, 2.05) is 0 Å². The Hall–Kier alpha value is -1.44. The van der Waals surface area contributed by atoms with E-state index in [2.05, 4.69) is 20.8 Å². The Kier molecular flexibility index (Phi) is 5.76. The average Bonchev–Trinajstić information content (AvgIpc) is 2.95. The molecule has 98 valence electrons. The monoisotopic (exact) mass is 288 g/mol. The summed E-state index contributed by atoms with van der Waals surface area (Å²) in [6, 6.07) is 3.58. The molecule has 2 heterocycles. The normalized spacial score (nSPS) is 9.83. The molecule has 0 aromatic carbocycles. The molecule has 6 nitrogen and oxygen atoms in total. The number of carbonyl (C=O) groups excluding carboxylic acids is 1. The fraction of sp³-hybridized carbons (Fsp3) is 0.300. The lowest BCUT2D eigenvalue weighted by atomic mass is 10.4. The molecule has 8 heteroatoms. The van der Waals surface area contributed by atoms with Crippen molar-refractivity contribution in [3.8, 4) is 10.8 Å². The number of hydrogen-bond acceptors (Lipinski definition) is 6. The van der Waals surface area contributed by atoms with E-state index in [4.69, 9.17) is 4.42 Å². The first-order chi connectivity index (χ1) is 8.29. The molecule has 0 spiro atoms. The van der Waals surface area contributed by atoms with Crippen molar-refractivity contribution in [1.82, 2.24) is 15.5 Å². The number of halogens is 1. The van der Waals surface area contributed by atoms with Crippen LogP contribution in [0.4, 0.5) is 5.13 Å². The standard InChI is InChI=1S/C10H12N4O2S.ClH/c1-11-5-4-8(15)12-10-14-13-9(17-10)7-3-2-6-16-7;/h2-3,6,11H,4-5H2,1H3,(H,12,14,15);1H. The van der Waals surface area contributed by atoms with Gasteiger partial charge in [0.2, 0.25) is 11.0 Å². The second-order valence-corrected chi connectivity index (χ2v) is 4.27. The Morgan fingerprint density at radius 3 is 3.00 bits per heavy atom. The fourth-order valence-corrected chi connectivity index (χ4v) is 1.92. The van der Waals surface area contributed by atoms with Crippen LogP contribution in [0.5, 0.6) is 0 Å². The van der Waals surface area contributed by atoms with Gasteiger partial charge in [-0.15, -0.1) is 22.6 Å². The van der Waals surface area contributed by atoms with E-state index in [0.717, 1.165) is 0 Å². The molecule has 0 radical (unpaired) electrons. The topological polar surface area (TPSA) is 80.0 Å². The third kappa shape index (κ3) is 3.80. The number of anilines is 1. The first-order valence-electron chi connectivity index (χ1n) is 5.11. The van der Waals surface area contributed by atoms with Crippen molar-refractivity contribution in [1.29, 1.82) is 0 Å². The van der Waals surface area contributed by atoms with Crippen LogP contribution in [0.25, 0.3) is 10.8 Å². The van der Waals surface area contributed by atoms with Gasteiger partial charge in [-0.25, -0.2) is 0 Å². The van der Waals surface area contributed by atoms with Gasteiger partial charge in [-0.1, -0.05) is 11.3 Å². The van der Waals surface area contributed by atoms with Gasteiger partial charge < -0.3 is 15.1 Å². The van der Waals surface area contributed by atoms with Gasteiger partial charge in [0.25, 0.3) is 0 Å². The van der Waals surface area contributed by atoms with Crippen LogP contribution >= 0.6 is 23.7 Å². The highest BCUT2D eigenvalue weighted by Gasteiger charge is 2.10. The summed E-state index contributed by atoms with van der Waals surface area (Å²) >= 11 is 1.28. The highest BCUT2D eigenvalue weighted by atomic mass is 35.5. The zero-order valence-corrected chi connectivity index (χ0v) is 11.3. The highest BCUT2D eigenvalue weighted by molar-refractivity contribution is 7.18. The van der Waals surface area contributed by atoms with Crippen LogP contribution < -0.4 is 10.6 Å². The molecule has 1 amide bonds. The van der Waals surface area contributed by atoms with Gasteiger partial charge in [0, 0.05) is 13.0 Å². The second-order valence-electron chi connectivity index (χ2n) is 3.29. The summed E-state index contributed by atoms with van der Waals surface area (Å²) in [7, 11) is 1.80. The Labute approximate surface area is 114 Å². The maximum atomic E-state index is 11.4. The largest absolute Gasteiger partial charge is 0.462 e. The van der Waals surface area contributed by atoms with Gasteiger partial charge in [-0.3, -0.25) is 4.79 Å². The lowest BCUT2D eigenvalue weighted by Crippen LogP contribution is -2.18. The molecule has 0 saturated heterocycles. The predicted octanol–water partition coefficient (Wildman–Crippen LogP) is 1.77. The molecule has 2 aromatic rings. The summed E-state index contributed by atoms with van der Waals surface area (Å²) in [6.07, 6.45) is 1.98. The SMILES string of the molecule is CNCCC(=O)Nc1nnc(-c2ccco2)s1.Cl. The van der Waals surface area contributed by atoms with Crippen molar-refractivity contribution in [3.05, 3.63) is 18.4 Å². The number of amides is 1. The minimum Gasteiger partial charge on any atom is -0.462 e. The predicted molar refractivity (Wildman–Crippen MR) is 72.0 cm³/mol. The third-order valence-electron chi connectivity index (χ3n) is 2.01. The zero-order valence-electron chi connectivity index (χ0n) is 9.67. The number of carbonyl (C=O) groups is 1. The Morgan fingerprint density at radius 1 is 1.50 bits per heavy atom. The van der Waals surface area contributed by atoms with Crippen LogP contribution in [0, 0.1) is 0 Å². The maximum Gasteiger partial charge on any atom is 0.227 e. The summed E-state index contributed by atoms with van der Waals surface area (Å²) in [5, 5.41) is 14.5. The van der Waals surface area contributed by atoms with Gasteiger partial charge >= 0.3 is 0 Å². The van der Waals surface area contributed by atoms with E-state index in [-0.39, 0.29) is 18.3 Å². The second kappa shape index (κ2) is 7.10. The molecule has 0 unspecified atom stereocenters. The first kappa shape index (κ1) is 14.6. The molecule has 0 aliphatic heterocycles. The fourth-order valence-electron chi connectivity index (χ4n) is 1.19. The molecule has 2 aromatic heterocycles. The van der Waals surface area contributed by atoms with Crippen LogP contribution in [-0.2, 0) is 4.79 Å². The number of hydrogen-bond donors (Lipinski definition) is 2. The zero-order chi connectivity index (χ0) is 12.1. The van der Waals surface area contributed by atoms with E-state index in [1.165, 1.54) is 11.3 Å².